The van der Waals surface area contributed by atoms with E-state index in [-0.39, 0.29) is 19.1 Å². The maximum absolute atomic E-state index is 13.7. The molecule has 0 spiro atoms. The molecule has 4 rings (SSSR count). The van der Waals surface area contributed by atoms with Crippen molar-refractivity contribution >= 4 is 30.8 Å². The second-order valence-corrected chi connectivity index (χ2v) is 15.1. The number of ether oxygens (including phenoxy) is 2. The van der Waals surface area contributed by atoms with Crippen molar-refractivity contribution in [3.63, 3.8) is 0 Å². The van der Waals surface area contributed by atoms with Crippen molar-refractivity contribution in [2.24, 2.45) is 5.92 Å². The number of nitrogens with zero attached hydrogens (tertiary/aromatic N) is 3. The zero-order valence-corrected chi connectivity index (χ0v) is 20.2. The maximum atomic E-state index is 13.7. The summed E-state index contributed by atoms with van der Waals surface area (Å²) in [5.74, 6) is -0.749. The first-order valence-electron chi connectivity index (χ1n) is 10.9. The van der Waals surface area contributed by atoms with E-state index in [9.17, 15) is 13.6 Å². The summed E-state index contributed by atoms with van der Waals surface area (Å²) < 4.78 is 39.8. The fourth-order valence-corrected chi connectivity index (χ4v) is 4.21. The highest BCUT2D eigenvalue weighted by Gasteiger charge is 2.43. The zero-order valence-electron chi connectivity index (χ0n) is 19.2. The topological polar surface area (TPSA) is 78.3 Å². The molecule has 0 unspecified atom stereocenters. The van der Waals surface area contributed by atoms with E-state index in [1.54, 1.807) is 22.9 Å². The van der Waals surface area contributed by atoms with E-state index in [2.05, 4.69) is 35.0 Å². The molecule has 1 aromatic carbocycles. The average Bonchev–Trinajstić information content (AvgIpc) is 3.39. The van der Waals surface area contributed by atoms with Crippen molar-refractivity contribution in [1.82, 2.24) is 14.8 Å². The van der Waals surface area contributed by atoms with Crippen LogP contribution >= 0.6 is 0 Å². The average molecular weight is 475 g/mol. The van der Waals surface area contributed by atoms with Crippen molar-refractivity contribution < 1.29 is 23.0 Å². The molecule has 33 heavy (non-hydrogen) atoms. The summed E-state index contributed by atoms with van der Waals surface area (Å²) in [7, 11) is 0.218. The summed E-state index contributed by atoms with van der Waals surface area (Å²) in [5.41, 5.74) is 1.67. The highest BCUT2D eigenvalue weighted by molar-refractivity contribution is 6.76. The second kappa shape index (κ2) is 9.18. The predicted molar refractivity (Wildman–Crippen MR) is 125 cm³/mol. The Bertz CT molecular complexity index is 1180. The minimum atomic E-state index is -1.25. The lowest BCUT2D eigenvalue weighted by Gasteiger charge is -2.15. The summed E-state index contributed by atoms with van der Waals surface area (Å²) in [4.78, 5) is 16.7. The van der Waals surface area contributed by atoms with Gasteiger partial charge in [0.05, 0.1) is 13.0 Å². The SMILES string of the molecule is COc1cc(F)ccc1-c1nn(COCC[Si](C)(C)C)c2nc(NC(=O)[C@@H]3C[C@@H]3F)ccc12. The monoisotopic (exact) mass is 474 g/mol. The van der Waals surface area contributed by atoms with Crippen molar-refractivity contribution in [1.29, 1.82) is 0 Å². The molecule has 1 amide bonds. The van der Waals surface area contributed by atoms with Crippen molar-refractivity contribution in [3.8, 4) is 17.0 Å². The fraction of sp³-hybridized carbons (Fsp3) is 0.435. The van der Waals surface area contributed by atoms with Gasteiger partial charge in [-0.05, 0) is 36.7 Å². The summed E-state index contributed by atoms with van der Waals surface area (Å²) in [6.45, 7) is 7.59. The van der Waals surface area contributed by atoms with Crippen molar-refractivity contribution in [2.75, 3.05) is 19.0 Å². The standard InChI is InChI=1S/C23H28F2N4O3Si/c1-31-19-11-14(24)5-6-15(19)21-16-7-8-20(27-23(30)17-12-18(17)25)26-22(16)29(28-21)13-32-9-10-33(2,3)4/h5-8,11,17-18H,9-10,12-13H2,1-4H3,(H,26,27,30)/t17-,18+/m1/s1. The van der Waals surface area contributed by atoms with Gasteiger partial charge in [0.15, 0.2) is 5.65 Å². The summed E-state index contributed by atoms with van der Waals surface area (Å²) in [6, 6.07) is 8.69. The Morgan fingerprint density at radius 3 is 2.70 bits per heavy atom. The third-order valence-electron chi connectivity index (χ3n) is 5.52. The number of rotatable bonds is 9. The van der Waals surface area contributed by atoms with Crippen LogP contribution in [0, 0.1) is 11.7 Å². The summed E-state index contributed by atoms with van der Waals surface area (Å²) in [5, 5.41) is 8.05. The molecule has 0 bridgehead atoms. The number of hydrogen-bond donors (Lipinski definition) is 1. The van der Waals surface area contributed by atoms with Gasteiger partial charge in [0.25, 0.3) is 0 Å². The number of hydrogen-bond acceptors (Lipinski definition) is 5. The van der Waals surface area contributed by atoms with Gasteiger partial charge in [-0.25, -0.2) is 18.4 Å². The van der Waals surface area contributed by atoms with E-state index in [1.807, 2.05) is 0 Å². The normalized spacial score (nSPS) is 17.9. The van der Waals surface area contributed by atoms with Gasteiger partial charge >= 0.3 is 0 Å². The molecule has 0 saturated heterocycles. The van der Waals surface area contributed by atoms with Crippen LogP contribution in [-0.2, 0) is 16.3 Å². The van der Waals surface area contributed by atoms with Gasteiger partial charge < -0.3 is 14.8 Å². The molecule has 0 radical (unpaired) electrons. The predicted octanol–water partition coefficient (Wildman–Crippen LogP) is 4.85. The Morgan fingerprint density at radius 2 is 2.03 bits per heavy atom. The van der Waals surface area contributed by atoms with Crippen LogP contribution in [0.2, 0.25) is 25.7 Å². The van der Waals surface area contributed by atoms with Gasteiger partial charge in [0.1, 0.15) is 36.0 Å². The van der Waals surface area contributed by atoms with E-state index >= 15 is 0 Å². The van der Waals surface area contributed by atoms with Crippen LogP contribution in [0.3, 0.4) is 0 Å². The van der Waals surface area contributed by atoms with E-state index in [0.717, 1.165) is 6.04 Å². The number of amides is 1. The Kier molecular flexibility index (Phi) is 6.49. The highest BCUT2D eigenvalue weighted by Crippen LogP contribution is 2.36. The molecule has 1 fully saturated rings. The number of benzene rings is 1. The molecule has 1 aliphatic rings. The molecule has 0 aliphatic heterocycles. The molecule has 2 atom stereocenters. The number of halogens is 2. The molecule has 1 saturated carbocycles. The van der Waals surface area contributed by atoms with Crippen LogP contribution in [0.1, 0.15) is 6.42 Å². The van der Waals surface area contributed by atoms with Crippen molar-refractivity contribution in [3.05, 3.63) is 36.1 Å². The molecule has 3 aromatic rings. The highest BCUT2D eigenvalue weighted by atomic mass is 28.3. The molecule has 176 valence electrons. The van der Waals surface area contributed by atoms with Gasteiger partial charge in [-0.1, -0.05) is 19.6 Å². The number of carbonyl (C=O) groups is 1. The zero-order chi connectivity index (χ0) is 23.8. The number of alkyl halides is 1. The number of fused-ring (bicyclic) bond motifs is 1. The fourth-order valence-electron chi connectivity index (χ4n) is 3.45. The molecule has 1 aliphatic carbocycles. The van der Waals surface area contributed by atoms with E-state index in [1.165, 1.54) is 19.2 Å². The molecule has 10 heteroatoms. The smallest absolute Gasteiger partial charge is 0.231 e. The molecule has 7 nitrogen and oxygen atoms in total. The molecular formula is C23H28F2N4O3Si. The van der Waals surface area contributed by atoms with Gasteiger partial charge in [0.2, 0.25) is 5.91 Å². The van der Waals surface area contributed by atoms with Crippen LogP contribution in [0.4, 0.5) is 14.6 Å². The Labute approximate surface area is 192 Å². The van der Waals surface area contributed by atoms with Crippen molar-refractivity contribution in [2.45, 2.75) is 45.0 Å². The van der Waals surface area contributed by atoms with E-state index in [0.29, 0.717) is 40.5 Å². The van der Waals surface area contributed by atoms with Crippen LogP contribution < -0.4 is 10.1 Å². The number of methoxy groups -OCH3 is 1. The number of anilines is 1. The largest absolute Gasteiger partial charge is 0.496 e. The Morgan fingerprint density at radius 1 is 1.27 bits per heavy atom. The Hall–Kier alpha value is -2.85. The maximum Gasteiger partial charge on any atom is 0.231 e. The number of pyridine rings is 1. The van der Waals surface area contributed by atoms with Crippen LogP contribution in [0.25, 0.3) is 22.3 Å². The third kappa shape index (κ3) is 5.39. The van der Waals surface area contributed by atoms with E-state index < -0.39 is 26.0 Å². The van der Waals surface area contributed by atoms with Crippen LogP contribution in [-0.4, -0.2) is 48.6 Å². The summed E-state index contributed by atoms with van der Waals surface area (Å²) >= 11 is 0. The lowest BCUT2D eigenvalue weighted by Crippen LogP contribution is -2.22. The van der Waals surface area contributed by atoms with Gasteiger partial charge in [-0.3, -0.25) is 4.79 Å². The van der Waals surface area contributed by atoms with Crippen LogP contribution in [0.15, 0.2) is 30.3 Å². The third-order valence-corrected chi connectivity index (χ3v) is 7.23. The number of aromatic nitrogens is 3. The lowest BCUT2D eigenvalue weighted by molar-refractivity contribution is -0.117. The molecular weight excluding hydrogens is 446 g/mol. The van der Waals surface area contributed by atoms with Gasteiger partial charge in [0, 0.05) is 31.7 Å². The van der Waals surface area contributed by atoms with Gasteiger partial charge in [-0.2, -0.15) is 5.10 Å². The first-order chi connectivity index (χ1) is 15.7. The quantitative estimate of drug-likeness (QED) is 0.354. The molecule has 2 heterocycles. The molecule has 1 N–H and O–H groups in total. The first-order valence-corrected chi connectivity index (χ1v) is 14.6. The van der Waals surface area contributed by atoms with Gasteiger partial charge in [-0.15, -0.1) is 0 Å². The summed E-state index contributed by atoms with van der Waals surface area (Å²) in [6.07, 6.45) is -0.845. The van der Waals surface area contributed by atoms with Crippen LogP contribution in [0.5, 0.6) is 5.75 Å². The molecule has 2 aromatic heterocycles. The minimum Gasteiger partial charge on any atom is -0.496 e. The Balaban J connectivity index is 1.68. The number of carbonyl (C=O) groups excluding carboxylic acids is 1. The number of nitrogens with one attached hydrogen (secondary N) is 1. The first kappa shape index (κ1) is 23.3. The lowest BCUT2D eigenvalue weighted by atomic mass is 10.1. The minimum absolute atomic E-state index is 0.171. The second-order valence-electron chi connectivity index (χ2n) is 9.46. The van der Waals surface area contributed by atoms with E-state index in [4.69, 9.17) is 9.47 Å².